The SMILES string of the molecule is CCCCOc1ccc([C@H]2[C@@H](N3C(=O)c4ccccc4C3=O)C(=O)N2c2cccc(C(F)(F)F)c2)cc1. The smallest absolute Gasteiger partial charge is 0.416 e. The number of anilines is 1. The van der Waals surface area contributed by atoms with E-state index in [4.69, 9.17) is 4.74 Å². The number of fused-ring (bicyclic) bond motifs is 1. The summed E-state index contributed by atoms with van der Waals surface area (Å²) in [4.78, 5) is 41.9. The molecular weight excluding hydrogens is 485 g/mol. The fraction of sp³-hybridized carbons (Fsp3) is 0.250. The van der Waals surface area contributed by atoms with Crippen LogP contribution in [0.1, 0.15) is 57.7 Å². The van der Waals surface area contributed by atoms with E-state index in [1.165, 1.54) is 29.2 Å². The van der Waals surface area contributed by atoms with E-state index in [2.05, 4.69) is 0 Å². The number of halogens is 3. The van der Waals surface area contributed by atoms with Crippen molar-refractivity contribution in [3.63, 3.8) is 0 Å². The van der Waals surface area contributed by atoms with Crippen molar-refractivity contribution in [1.29, 1.82) is 0 Å². The standard InChI is InChI=1S/C28H23F3N2O4/c1-2-3-15-37-20-13-11-17(12-14-20)23-24(33-25(34)21-9-4-5-10-22(21)26(33)35)27(36)32(23)19-8-6-7-18(16-19)28(29,30)31/h4-14,16,23-24H,2-3,15H2,1H3/t23-,24+/m0/s1. The third-order valence-corrected chi connectivity index (χ3v) is 6.61. The Morgan fingerprint density at radius 2 is 1.46 bits per heavy atom. The Morgan fingerprint density at radius 3 is 2.05 bits per heavy atom. The average Bonchev–Trinajstić information content (AvgIpc) is 3.13. The second kappa shape index (κ2) is 9.38. The molecule has 0 radical (unpaired) electrons. The summed E-state index contributed by atoms with van der Waals surface area (Å²) in [6.07, 6.45) is -2.75. The maximum atomic E-state index is 13.5. The molecule has 0 N–H and O–H groups in total. The van der Waals surface area contributed by atoms with Crippen molar-refractivity contribution >= 4 is 23.4 Å². The highest BCUT2D eigenvalue weighted by atomic mass is 19.4. The summed E-state index contributed by atoms with van der Waals surface area (Å²) < 4.78 is 45.9. The number of imide groups is 1. The van der Waals surface area contributed by atoms with Crippen molar-refractivity contribution in [2.45, 2.75) is 38.0 Å². The first-order chi connectivity index (χ1) is 17.7. The Kier molecular flexibility index (Phi) is 6.23. The molecule has 2 heterocycles. The normalized spacial score (nSPS) is 19.2. The maximum Gasteiger partial charge on any atom is 0.416 e. The maximum absolute atomic E-state index is 13.5. The van der Waals surface area contributed by atoms with Gasteiger partial charge in [0.05, 0.1) is 29.3 Å². The lowest BCUT2D eigenvalue weighted by atomic mass is 9.86. The number of β-lactam (4-membered cyclic amide) rings is 1. The van der Waals surface area contributed by atoms with Crippen molar-refractivity contribution in [3.8, 4) is 5.75 Å². The van der Waals surface area contributed by atoms with Crippen molar-refractivity contribution in [3.05, 3.63) is 95.1 Å². The zero-order valence-electron chi connectivity index (χ0n) is 19.9. The van der Waals surface area contributed by atoms with Crippen LogP contribution in [0.25, 0.3) is 0 Å². The van der Waals surface area contributed by atoms with Gasteiger partial charge in [-0.25, -0.2) is 0 Å². The van der Waals surface area contributed by atoms with E-state index in [1.807, 2.05) is 6.92 Å². The molecule has 3 aromatic carbocycles. The van der Waals surface area contributed by atoms with Crippen molar-refractivity contribution in [2.24, 2.45) is 0 Å². The third kappa shape index (κ3) is 4.24. The molecule has 0 aliphatic carbocycles. The van der Waals surface area contributed by atoms with Gasteiger partial charge >= 0.3 is 6.18 Å². The predicted molar refractivity (Wildman–Crippen MR) is 129 cm³/mol. The molecule has 2 aliphatic heterocycles. The molecule has 1 saturated heterocycles. The highest BCUT2D eigenvalue weighted by Gasteiger charge is 2.57. The van der Waals surface area contributed by atoms with E-state index >= 15 is 0 Å². The minimum atomic E-state index is -4.60. The first-order valence-electron chi connectivity index (χ1n) is 11.9. The molecule has 3 aromatic rings. The van der Waals surface area contributed by atoms with E-state index in [0.717, 1.165) is 29.9 Å². The number of hydrogen-bond acceptors (Lipinski definition) is 4. The summed E-state index contributed by atoms with van der Waals surface area (Å²) in [5.41, 5.74) is 0.0650. The predicted octanol–water partition coefficient (Wildman–Crippen LogP) is 5.64. The molecule has 3 amide bonds. The monoisotopic (exact) mass is 508 g/mol. The minimum Gasteiger partial charge on any atom is -0.494 e. The topological polar surface area (TPSA) is 66.9 Å². The number of hydrogen-bond donors (Lipinski definition) is 0. The molecule has 2 aliphatic rings. The van der Waals surface area contributed by atoms with Gasteiger partial charge in [-0.2, -0.15) is 13.2 Å². The molecule has 2 atom stereocenters. The lowest BCUT2D eigenvalue weighted by molar-refractivity contribution is -0.137. The van der Waals surface area contributed by atoms with Crippen LogP contribution in [0.4, 0.5) is 18.9 Å². The molecule has 0 spiro atoms. The van der Waals surface area contributed by atoms with E-state index in [0.29, 0.717) is 17.9 Å². The van der Waals surface area contributed by atoms with Crippen molar-refractivity contribution in [1.82, 2.24) is 4.90 Å². The summed E-state index contributed by atoms with van der Waals surface area (Å²) >= 11 is 0. The summed E-state index contributed by atoms with van der Waals surface area (Å²) in [6.45, 7) is 2.58. The Balaban J connectivity index is 1.53. The van der Waals surface area contributed by atoms with Gasteiger partial charge in [-0.1, -0.05) is 43.7 Å². The molecule has 0 aromatic heterocycles. The molecule has 190 valence electrons. The zero-order chi connectivity index (χ0) is 26.3. The largest absolute Gasteiger partial charge is 0.494 e. The lowest BCUT2D eigenvalue weighted by Gasteiger charge is -2.49. The minimum absolute atomic E-state index is 0.0287. The number of carbonyl (C=O) groups is 3. The Bertz CT molecular complexity index is 1340. The van der Waals surface area contributed by atoms with Crippen LogP contribution in [0, 0.1) is 0 Å². The van der Waals surface area contributed by atoms with Crippen LogP contribution in [0.15, 0.2) is 72.8 Å². The van der Waals surface area contributed by atoms with E-state index < -0.39 is 41.5 Å². The first-order valence-corrected chi connectivity index (χ1v) is 11.9. The fourth-order valence-corrected chi connectivity index (χ4v) is 4.73. The van der Waals surface area contributed by atoms with Crippen LogP contribution < -0.4 is 9.64 Å². The van der Waals surface area contributed by atoms with Crippen LogP contribution in [0.5, 0.6) is 5.75 Å². The van der Waals surface area contributed by atoms with E-state index in [9.17, 15) is 27.6 Å². The van der Waals surface area contributed by atoms with Crippen molar-refractivity contribution < 1.29 is 32.3 Å². The van der Waals surface area contributed by atoms with Gasteiger partial charge in [0.25, 0.3) is 17.7 Å². The van der Waals surface area contributed by atoms with Gasteiger partial charge in [-0.3, -0.25) is 19.3 Å². The number of benzene rings is 3. The summed E-state index contributed by atoms with van der Waals surface area (Å²) in [5, 5.41) is 0. The molecular formula is C28H23F3N2O4. The number of amides is 3. The zero-order valence-corrected chi connectivity index (χ0v) is 19.9. The number of alkyl halides is 3. The lowest BCUT2D eigenvalue weighted by Crippen LogP contribution is -2.67. The molecule has 0 bridgehead atoms. The Morgan fingerprint density at radius 1 is 0.811 bits per heavy atom. The third-order valence-electron chi connectivity index (χ3n) is 6.61. The summed E-state index contributed by atoms with van der Waals surface area (Å²) in [7, 11) is 0. The van der Waals surface area contributed by atoms with Gasteiger partial charge in [0, 0.05) is 5.69 Å². The van der Waals surface area contributed by atoms with Crippen LogP contribution in [-0.4, -0.2) is 35.3 Å². The van der Waals surface area contributed by atoms with Crippen molar-refractivity contribution in [2.75, 3.05) is 11.5 Å². The van der Waals surface area contributed by atoms with Gasteiger partial charge in [0.1, 0.15) is 11.8 Å². The molecule has 1 fully saturated rings. The highest BCUT2D eigenvalue weighted by Crippen LogP contribution is 2.45. The number of ether oxygens (including phenoxy) is 1. The van der Waals surface area contributed by atoms with E-state index in [1.54, 1.807) is 36.4 Å². The van der Waals surface area contributed by atoms with Crippen LogP contribution in [-0.2, 0) is 11.0 Å². The van der Waals surface area contributed by atoms with Crippen LogP contribution in [0.3, 0.4) is 0 Å². The van der Waals surface area contributed by atoms with Crippen LogP contribution >= 0.6 is 0 Å². The quantitative estimate of drug-likeness (QED) is 0.236. The van der Waals surface area contributed by atoms with Gasteiger partial charge in [0.2, 0.25) is 0 Å². The molecule has 6 nitrogen and oxygen atoms in total. The number of unbranched alkanes of at least 4 members (excludes halogenated alkanes) is 1. The average molecular weight is 508 g/mol. The highest BCUT2D eigenvalue weighted by molar-refractivity contribution is 6.24. The Hall–Kier alpha value is -4.14. The van der Waals surface area contributed by atoms with Gasteiger partial charge in [-0.15, -0.1) is 0 Å². The van der Waals surface area contributed by atoms with Gasteiger partial charge in [-0.05, 0) is 54.4 Å². The number of nitrogens with zero attached hydrogens (tertiary/aromatic N) is 2. The second-order valence-corrected chi connectivity index (χ2v) is 8.94. The molecule has 37 heavy (non-hydrogen) atoms. The van der Waals surface area contributed by atoms with Gasteiger partial charge < -0.3 is 9.64 Å². The Labute approximate surface area is 211 Å². The summed E-state index contributed by atoms with van der Waals surface area (Å²) in [5.74, 6) is -1.24. The number of rotatable bonds is 7. The first kappa shape index (κ1) is 24.5. The fourth-order valence-electron chi connectivity index (χ4n) is 4.73. The van der Waals surface area contributed by atoms with E-state index in [-0.39, 0.29) is 16.8 Å². The van der Waals surface area contributed by atoms with Crippen LogP contribution in [0.2, 0.25) is 0 Å². The summed E-state index contributed by atoms with van der Waals surface area (Å²) in [6, 6.07) is 15.5. The molecule has 0 unspecified atom stereocenters. The molecule has 0 saturated carbocycles. The molecule has 5 rings (SSSR count). The second-order valence-electron chi connectivity index (χ2n) is 8.94. The van der Waals surface area contributed by atoms with Gasteiger partial charge in [0.15, 0.2) is 0 Å². The number of carbonyl (C=O) groups excluding carboxylic acids is 3. The molecule has 9 heteroatoms.